The van der Waals surface area contributed by atoms with E-state index in [1.807, 2.05) is 12.1 Å². The van der Waals surface area contributed by atoms with Crippen molar-refractivity contribution in [1.82, 2.24) is 10.3 Å². The van der Waals surface area contributed by atoms with Crippen LogP contribution >= 0.6 is 0 Å². The van der Waals surface area contributed by atoms with Gasteiger partial charge in [-0.15, -0.1) is 0 Å². The van der Waals surface area contributed by atoms with Crippen molar-refractivity contribution in [1.29, 1.82) is 0 Å². The first-order valence-corrected chi connectivity index (χ1v) is 6.56. The van der Waals surface area contributed by atoms with E-state index in [2.05, 4.69) is 10.3 Å². The van der Waals surface area contributed by atoms with Crippen molar-refractivity contribution in [3.05, 3.63) is 30.1 Å². The van der Waals surface area contributed by atoms with Gasteiger partial charge in [0.15, 0.2) is 0 Å². The maximum atomic E-state index is 11.8. The molecule has 1 aromatic heterocycles. The standard InChI is InChI=1S/C14H18N2O3/c17-13(4-1-10-5-7-15-8-6-10)16-12-3-2-11(9-12)14(18)19/h5-8,11-12H,1-4,9H2,(H,16,17)(H,18,19). The minimum Gasteiger partial charge on any atom is -0.481 e. The van der Waals surface area contributed by atoms with E-state index in [-0.39, 0.29) is 17.9 Å². The number of rotatable bonds is 5. The molecule has 2 N–H and O–H groups in total. The van der Waals surface area contributed by atoms with E-state index >= 15 is 0 Å². The predicted molar refractivity (Wildman–Crippen MR) is 69.5 cm³/mol. The summed E-state index contributed by atoms with van der Waals surface area (Å²) in [5, 5.41) is 11.8. The average Bonchev–Trinajstić information content (AvgIpc) is 2.86. The van der Waals surface area contributed by atoms with E-state index in [9.17, 15) is 9.59 Å². The summed E-state index contributed by atoms with van der Waals surface area (Å²) in [6.07, 6.45) is 6.50. The topological polar surface area (TPSA) is 79.3 Å². The Labute approximate surface area is 112 Å². The third kappa shape index (κ3) is 4.05. The van der Waals surface area contributed by atoms with Crippen LogP contribution in [0.25, 0.3) is 0 Å². The fourth-order valence-electron chi connectivity index (χ4n) is 2.44. The van der Waals surface area contributed by atoms with Gasteiger partial charge in [0.1, 0.15) is 0 Å². The number of carboxylic acid groups (broad SMARTS) is 1. The van der Waals surface area contributed by atoms with Crippen molar-refractivity contribution >= 4 is 11.9 Å². The van der Waals surface area contributed by atoms with Crippen LogP contribution in [0.4, 0.5) is 0 Å². The number of nitrogens with one attached hydrogen (secondary N) is 1. The molecular formula is C14H18N2O3. The number of carbonyl (C=O) groups is 2. The number of aliphatic carboxylic acids is 1. The minimum atomic E-state index is -0.756. The highest BCUT2D eigenvalue weighted by Gasteiger charge is 2.30. The molecule has 5 heteroatoms. The van der Waals surface area contributed by atoms with Gasteiger partial charge in [0.05, 0.1) is 5.92 Å². The number of hydrogen-bond acceptors (Lipinski definition) is 3. The third-order valence-corrected chi connectivity index (χ3v) is 3.54. The minimum absolute atomic E-state index is 0.00662. The van der Waals surface area contributed by atoms with Crippen molar-refractivity contribution < 1.29 is 14.7 Å². The second kappa shape index (κ2) is 6.31. The highest BCUT2D eigenvalue weighted by molar-refractivity contribution is 5.77. The lowest BCUT2D eigenvalue weighted by Crippen LogP contribution is -2.33. The van der Waals surface area contributed by atoms with Gasteiger partial charge in [-0.2, -0.15) is 0 Å². The van der Waals surface area contributed by atoms with Crippen molar-refractivity contribution in [2.75, 3.05) is 0 Å². The molecule has 0 spiro atoms. The number of hydrogen-bond donors (Lipinski definition) is 2. The Morgan fingerprint density at radius 3 is 2.68 bits per heavy atom. The highest BCUT2D eigenvalue weighted by atomic mass is 16.4. The SMILES string of the molecule is O=C(CCc1ccncc1)NC1CCC(C(=O)O)C1. The van der Waals surface area contributed by atoms with Crippen LogP contribution in [0.2, 0.25) is 0 Å². The molecule has 0 saturated heterocycles. The number of amides is 1. The molecule has 1 aliphatic carbocycles. The summed E-state index contributed by atoms with van der Waals surface area (Å²) in [4.78, 5) is 26.5. The first-order valence-electron chi connectivity index (χ1n) is 6.56. The second-order valence-corrected chi connectivity index (χ2v) is 4.97. The zero-order valence-corrected chi connectivity index (χ0v) is 10.7. The van der Waals surface area contributed by atoms with E-state index in [1.54, 1.807) is 12.4 Å². The first-order chi connectivity index (χ1) is 9.15. The third-order valence-electron chi connectivity index (χ3n) is 3.54. The molecule has 1 amide bonds. The molecule has 1 saturated carbocycles. The quantitative estimate of drug-likeness (QED) is 0.840. The van der Waals surface area contributed by atoms with Crippen LogP contribution in [-0.2, 0) is 16.0 Å². The van der Waals surface area contributed by atoms with Gasteiger partial charge < -0.3 is 10.4 Å². The number of aromatic nitrogens is 1. The fraction of sp³-hybridized carbons (Fsp3) is 0.500. The van der Waals surface area contributed by atoms with Crippen LogP contribution in [0.15, 0.2) is 24.5 Å². The van der Waals surface area contributed by atoms with Crippen molar-refractivity contribution in [2.24, 2.45) is 5.92 Å². The van der Waals surface area contributed by atoms with Gasteiger partial charge in [-0.1, -0.05) is 0 Å². The van der Waals surface area contributed by atoms with Crippen molar-refractivity contribution in [3.63, 3.8) is 0 Å². The predicted octanol–water partition coefficient (Wildman–Crippen LogP) is 1.38. The van der Waals surface area contributed by atoms with E-state index < -0.39 is 5.97 Å². The van der Waals surface area contributed by atoms with Crippen LogP contribution in [0.3, 0.4) is 0 Å². The fourth-order valence-corrected chi connectivity index (χ4v) is 2.44. The largest absolute Gasteiger partial charge is 0.481 e. The maximum Gasteiger partial charge on any atom is 0.306 e. The van der Waals surface area contributed by atoms with Crippen molar-refractivity contribution in [2.45, 2.75) is 38.1 Å². The summed E-state index contributed by atoms with van der Waals surface area (Å²) >= 11 is 0. The Bertz CT molecular complexity index is 447. The van der Waals surface area contributed by atoms with Gasteiger partial charge in [0.2, 0.25) is 5.91 Å². The van der Waals surface area contributed by atoms with E-state index in [1.165, 1.54) is 0 Å². The number of carbonyl (C=O) groups excluding carboxylic acids is 1. The molecule has 2 atom stereocenters. The van der Waals surface area contributed by atoms with Gasteiger partial charge >= 0.3 is 5.97 Å². The smallest absolute Gasteiger partial charge is 0.306 e. The van der Waals surface area contributed by atoms with Crippen LogP contribution in [0, 0.1) is 5.92 Å². The van der Waals surface area contributed by atoms with Gasteiger partial charge in [-0.3, -0.25) is 14.6 Å². The van der Waals surface area contributed by atoms with E-state index in [0.29, 0.717) is 25.7 Å². The average molecular weight is 262 g/mol. The van der Waals surface area contributed by atoms with E-state index in [4.69, 9.17) is 5.11 Å². The lowest BCUT2D eigenvalue weighted by molar-refractivity contribution is -0.141. The lowest BCUT2D eigenvalue weighted by atomic mass is 10.1. The molecule has 5 nitrogen and oxygen atoms in total. The highest BCUT2D eigenvalue weighted by Crippen LogP contribution is 2.25. The summed E-state index contributed by atoms with van der Waals surface area (Å²) in [5.41, 5.74) is 1.08. The number of carboxylic acids is 1. The Morgan fingerprint density at radius 1 is 1.32 bits per heavy atom. The summed E-state index contributed by atoms with van der Waals surface area (Å²) in [5.74, 6) is -1.06. The van der Waals surface area contributed by atoms with Crippen molar-refractivity contribution in [3.8, 4) is 0 Å². The summed E-state index contributed by atoms with van der Waals surface area (Å²) < 4.78 is 0. The Balaban J connectivity index is 1.72. The molecule has 0 radical (unpaired) electrons. The van der Waals surface area contributed by atoms with Crippen LogP contribution in [-0.4, -0.2) is 28.0 Å². The Hall–Kier alpha value is -1.91. The zero-order valence-electron chi connectivity index (χ0n) is 10.7. The molecule has 19 heavy (non-hydrogen) atoms. The van der Waals surface area contributed by atoms with Gasteiger partial charge in [-0.25, -0.2) is 0 Å². The molecule has 2 unspecified atom stereocenters. The summed E-state index contributed by atoms with van der Waals surface area (Å²) in [6.45, 7) is 0. The van der Waals surface area contributed by atoms with Gasteiger partial charge in [-0.05, 0) is 43.4 Å². The van der Waals surface area contributed by atoms with Gasteiger partial charge in [0, 0.05) is 24.9 Å². The molecule has 102 valence electrons. The molecule has 1 heterocycles. The van der Waals surface area contributed by atoms with Crippen LogP contribution in [0.1, 0.15) is 31.2 Å². The molecule has 1 aromatic rings. The number of pyridine rings is 1. The molecule has 1 fully saturated rings. The Morgan fingerprint density at radius 2 is 2.05 bits per heavy atom. The molecule has 0 bridgehead atoms. The molecular weight excluding hydrogens is 244 g/mol. The normalized spacial score (nSPS) is 22.1. The molecule has 2 rings (SSSR count). The molecule has 0 aromatic carbocycles. The molecule has 1 aliphatic rings. The monoisotopic (exact) mass is 262 g/mol. The Kier molecular flexibility index (Phi) is 4.49. The summed E-state index contributed by atoms with van der Waals surface area (Å²) in [7, 11) is 0. The lowest BCUT2D eigenvalue weighted by Gasteiger charge is -2.12. The number of nitrogens with zero attached hydrogens (tertiary/aromatic N) is 1. The number of aryl methyl sites for hydroxylation is 1. The first kappa shape index (κ1) is 13.5. The van der Waals surface area contributed by atoms with Crippen LogP contribution in [0.5, 0.6) is 0 Å². The summed E-state index contributed by atoms with van der Waals surface area (Å²) in [6, 6.07) is 3.80. The van der Waals surface area contributed by atoms with E-state index in [0.717, 1.165) is 12.0 Å². The second-order valence-electron chi connectivity index (χ2n) is 4.97. The van der Waals surface area contributed by atoms with Gasteiger partial charge in [0.25, 0.3) is 0 Å². The zero-order chi connectivity index (χ0) is 13.7. The van der Waals surface area contributed by atoms with Crippen LogP contribution < -0.4 is 5.32 Å². The maximum absolute atomic E-state index is 11.8. The molecule has 0 aliphatic heterocycles.